The molecule has 1 unspecified atom stereocenters. The molecule has 11 aromatic carbocycles. The Labute approximate surface area is 379 Å². The summed E-state index contributed by atoms with van der Waals surface area (Å²) in [5, 5.41) is 7.66. The summed E-state index contributed by atoms with van der Waals surface area (Å²) in [4.78, 5) is 2.51. The number of hydrogen-bond donors (Lipinski definition) is 0. The third-order valence-corrected chi connectivity index (χ3v) is 15.2. The zero-order valence-electron chi connectivity index (χ0n) is 36.3. The van der Waals surface area contributed by atoms with Crippen LogP contribution in [0.2, 0.25) is 0 Å². The van der Waals surface area contributed by atoms with Crippen molar-refractivity contribution in [3.05, 3.63) is 258 Å². The molecule has 0 N–H and O–H groups in total. The van der Waals surface area contributed by atoms with Gasteiger partial charge in [0.1, 0.15) is 0 Å². The monoisotopic (exact) mass is 825 g/mol. The Hall–Kier alpha value is -8.00. The van der Waals surface area contributed by atoms with Crippen molar-refractivity contribution >= 4 is 49.4 Å². The lowest BCUT2D eigenvalue weighted by molar-refractivity contribution is 0.660. The van der Waals surface area contributed by atoms with Crippen LogP contribution in [0.1, 0.15) is 47.2 Å². The molecule has 1 spiro atoms. The average Bonchev–Trinajstić information content (AvgIpc) is 3.59. The van der Waals surface area contributed by atoms with Crippen LogP contribution < -0.4 is 4.90 Å². The first-order chi connectivity index (χ1) is 32.0. The third kappa shape index (κ3) is 4.88. The Morgan fingerprint density at radius 1 is 0.292 bits per heavy atom. The molecule has 0 bridgehead atoms. The molecule has 1 atom stereocenters. The van der Waals surface area contributed by atoms with Crippen LogP contribution >= 0.6 is 0 Å². The minimum Gasteiger partial charge on any atom is -0.310 e. The third-order valence-electron chi connectivity index (χ3n) is 15.2. The fourth-order valence-electron chi connectivity index (χ4n) is 12.4. The SMILES string of the molecule is CC1(C)c2ccccc2-c2ccc(N(c3ccc4c(c3)C3(c5ccccc5-c5cccc6cccc3c56)c3cccc5c(-c6ccccc6)ccc-4c35)c3ccc4ccccc4c3)cc21. The van der Waals surface area contributed by atoms with Crippen LogP contribution in [0.15, 0.2) is 224 Å². The fourth-order valence-corrected chi connectivity index (χ4v) is 12.4. The predicted octanol–water partition coefficient (Wildman–Crippen LogP) is 16.9. The van der Waals surface area contributed by atoms with Crippen molar-refractivity contribution in [3.63, 3.8) is 0 Å². The van der Waals surface area contributed by atoms with Crippen molar-refractivity contribution in [2.45, 2.75) is 24.7 Å². The molecule has 1 heteroatoms. The minimum atomic E-state index is -0.631. The van der Waals surface area contributed by atoms with Gasteiger partial charge < -0.3 is 4.90 Å². The lowest BCUT2D eigenvalue weighted by atomic mass is 9.55. The normalized spacial score (nSPS) is 15.7. The van der Waals surface area contributed by atoms with Gasteiger partial charge in [-0.1, -0.05) is 202 Å². The average molecular weight is 826 g/mol. The molecular weight excluding hydrogens is 783 g/mol. The van der Waals surface area contributed by atoms with E-state index in [0.29, 0.717) is 0 Å². The molecule has 1 nitrogen and oxygen atoms in total. The summed E-state index contributed by atoms with van der Waals surface area (Å²) >= 11 is 0. The molecule has 0 fully saturated rings. The number of benzene rings is 11. The smallest absolute Gasteiger partial charge is 0.0726 e. The van der Waals surface area contributed by atoms with Gasteiger partial charge in [-0.15, -0.1) is 0 Å². The van der Waals surface area contributed by atoms with Crippen molar-refractivity contribution in [2.75, 3.05) is 4.90 Å². The van der Waals surface area contributed by atoms with E-state index in [2.05, 4.69) is 243 Å². The summed E-state index contributed by atoms with van der Waals surface area (Å²) in [5.74, 6) is 0. The zero-order chi connectivity index (χ0) is 43.0. The van der Waals surface area contributed by atoms with Gasteiger partial charge in [-0.25, -0.2) is 0 Å². The lowest BCUT2D eigenvalue weighted by Crippen LogP contribution is -2.36. The molecule has 0 aromatic heterocycles. The molecule has 0 saturated heterocycles. The van der Waals surface area contributed by atoms with E-state index < -0.39 is 5.41 Å². The van der Waals surface area contributed by atoms with Crippen LogP contribution in [0.25, 0.3) is 76.8 Å². The van der Waals surface area contributed by atoms with Crippen LogP contribution in [0.5, 0.6) is 0 Å². The molecule has 0 radical (unpaired) electrons. The minimum absolute atomic E-state index is 0.143. The molecule has 304 valence electrons. The first kappa shape index (κ1) is 36.5. The van der Waals surface area contributed by atoms with Gasteiger partial charge in [0.25, 0.3) is 0 Å². The topological polar surface area (TPSA) is 3.24 Å². The maximum atomic E-state index is 2.55. The lowest BCUT2D eigenvalue weighted by Gasteiger charge is -2.46. The highest BCUT2D eigenvalue weighted by molar-refractivity contribution is 6.14. The first-order valence-corrected chi connectivity index (χ1v) is 22.9. The predicted molar refractivity (Wildman–Crippen MR) is 273 cm³/mol. The van der Waals surface area contributed by atoms with Crippen molar-refractivity contribution < 1.29 is 0 Å². The highest BCUT2D eigenvalue weighted by Crippen LogP contribution is 2.62. The van der Waals surface area contributed by atoms with Gasteiger partial charge in [-0.2, -0.15) is 0 Å². The first-order valence-electron chi connectivity index (χ1n) is 22.9. The van der Waals surface area contributed by atoms with Crippen molar-refractivity contribution in [2.24, 2.45) is 0 Å². The summed E-state index contributed by atoms with van der Waals surface area (Å²) in [6.45, 7) is 4.76. The van der Waals surface area contributed by atoms with E-state index >= 15 is 0 Å². The zero-order valence-corrected chi connectivity index (χ0v) is 36.3. The van der Waals surface area contributed by atoms with E-state index in [4.69, 9.17) is 0 Å². The Balaban J connectivity index is 1.10. The molecule has 0 aliphatic heterocycles. The van der Waals surface area contributed by atoms with Gasteiger partial charge in [0, 0.05) is 22.5 Å². The molecule has 14 rings (SSSR count). The van der Waals surface area contributed by atoms with Gasteiger partial charge >= 0.3 is 0 Å². The standard InChI is InChI=1S/C64H43N/c1-63(2)55-25-10-8-21-48(55)50-33-31-45(38-59(50)63)65(44-30-29-40-15-6-7-18-43(40)37-44)46-32-34-51-54-36-35-47(41-16-4-3-5-17-41)52-24-14-28-58(62(52)54)64(60(51)39-46)56-26-11-9-22-49(56)53-23-12-19-42-20-13-27-57(64)61(42)53/h3-39H,1-2H3. The highest BCUT2D eigenvalue weighted by Gasteiger charge is 2.49. The molecule has 3 aliphatic carbocycles. The van der Waals surface area contributed by atoms with Gasteiger partial charge in [0.2, 0.25) is 0 Å². The van der Waals surface area contributed by atoms with E-state index in [0.717, 1.165) is 17.1 Å². The summed E-state index contributed by atoms with van der Waals surface area (Å²) < 4.78 is 0. The Kier molecular flexibility index (Phi) is 7.45. The number of fused-ring (bicyclic) bond motifs is 12. The summed E-state index contributed by atoms with van der Waals surface area (Å²) in [6, 6.07) is 85.0. The molecule has 3 aliphatic rings. The van der Waals surface area contributed by atoms with Gasteiger partial charge in [-0.05, 0) is 147 Å². The summed E-state index contributed by atoms with van der Waals surface area (Å²) in [5.41, 5.74) is 20.9. The second-order valence-corrected chi connectivity index (χ2v) is 18.8. The molecular formula is C64H43N. The van der Waals surface area contributed by atoms with Crippen molar-refractivity contribution in [1.82, 2.24) is 0 Å². The number of hydrogen-bond acceptors (Lipinski definition) is 1. The maximum Gasteiger partial charge on any atom is 0.0726 e. The summed E-state index contributed by atoms with van der Waals surface area (Å²) in [7, 11) is 0. The Morgan fingerprint density at radius 2 is 0.785 bits per heavy atom. The van der Waals surface area contributed by atoms with Crippen LogP contribution in [0.4, 0.5) is 17.1 Å². The number of anilines is 3. The molecule has 0 saturated carbocycles. The van der Waals surface area contributed by atoms with E-state index in [1.807, 2.05) is 0 Å². The highest BCUT2D eigenvalue weighted by atomic mass is 15.1. The van der Waals surface area contributed by atoms with Crippen LogP contribution in [0, 0.1) is 0 Å². The second-order valence-electron chi connectivity index (χ2n) is 18.8. The second kappa shape index (κ2) is 13.3. The largest absolute Gasteiger partial charge is 0.310 e. The number of rotatable bonds is 4. The van der Waals surface area contributed by atoms with Gasteiger partial charge in [-0.3, -0.25) is 0 Å². The van der Waals surface area contributed by atoms with E-state index in [-0.39, 0.29) is 5.41 Å². The maximum absolute atomic E-state index is 2.55. The number of nitrogens with zero attached hydrogens (tertiary/aromatic N) is 1. The van der Waals surface area contributed by atoms with E-state index in [9.17, 15) is 0 Å². The molecule has 65 heavy (non-hydrogen) atoms. The fraction of sp³-hybridized carbons (Fsp3) is 0.0625. The summed E-state index contributed by atoms with van der Waals surface area (Å²) in [6.07, 6.45) is 0. The van der Waals surface area contributed by atoms with Crippen molar-refractivity contribution in [1.29, 1.82) is 0 Å². The van der Waals surface area contributed by atoms with Crippen LogP contribution in [0.3, 0.4) is 0 Å². The van der Waals surface area contributed by atoms with Crippen LogP contribution in [-0.2, 0) is 10.8 Å². The Morgan fingerprint density at radius 3 is 1.58 bits per heavy atom. The molecule has 0 amide bonds. The van der Waals surface area contributed by atoms with E-state index in [1.165, 1.54) is 110 Å². The van der Waals surface area contributed by atoms with Crippen LogP contribution in [-0.4, -0.2) is 0 Å². The molecule has 0 heterocycles. The van der Waals surface area contributed by atoms with Crippen molar-refractivity contribution in [3.8, 4) is 44.5 Å². The molecule has 11 aromatic rings. The van der Waals surface area contributed by atoms with Gasteiger partial charge in [0.15, 0.2) is 0 Å². The van der Waals surface area contributed by atoms with E-state index in [1.54, 1.807) is 0 Å². The van der Waals surface area contributed by atoms with Gasteiger partial charge in [0.05, 0.1) is 5.41 Å². The quantitative estimate of drug-likeness (QED) is 0.171. The Bertz CT molecular complexity index is 3810.